The van der Waals surface area contributed by atoms with Crippen molar-refractivity contribution in [2.75, 3.05) is 0 Å². The van der Waals surface area contributed by atoms with Crippen molar-refractivity contribution in [3.8, 4) is 16.8 Å². The number of nitrogens with one attached hydrogen (secondary N) is 1. The van der Waals surface area contributed by atoms with Gasteiger partial charge in [-0.05, 0) is 49.2 Å². The van der Waals surface area contributed by atoms with Crippen LogP contribution in [0, 0.1) is 6.92 Å². The normalized spacial score (nSPS) is 12.8. The Balaban J connectivity index is 1.60. The molecule has 0 bridgehead atoms. The minimum atomic E-state index is -4.60. The summed E-state index contributed by atoms with van der Waals surface area (Å²) in [6.45, 7) is 2.07. The predicted molar refractivity (Wildman–Crippen MR) is 138 cm³/mol. The highest BCUT2D eigenvalue weighted by atomic mass is 35.5. The van der Waals surface area contributed by atoms with Crippen LogP contribution in [-0.2, 0) is 18.4 Å². The Morgan fingerprint density at radius 2 is 1.89 bits per heavy atom. The third-order valence-corrected chi connectivity index (χ3v) is 6.80. The molecule has 5 rings (SSSR count). The Morgan fingerprint density at radius 3 is 2.61 bits per heavy atom. The number of aryl methyl sites for hydroxylation is 2. The molecule has 1 unspecified atom stereocenters. The molecule has 0 saturated heterocycles. The molecule has 1 N–H and O–H groups in total. The number of imidazole rings is 1. The SMILES string of the molecule is Cc1cc(-c2cncc3c2cnn3C)ccc1-n1c(=O)n(CC(=O)NC(C)C(F)(F)F)c2cccc(Cl)c21. The number of halogens is 4. The highest BCUT2D eigenvalue weighted by molar-refractivity contribution is 6.35. The predicted octanol–water partition coefficient (Wildman–Crippen LogP) is 4.77. The van der Waals surface area contributed by atoms with Gasteiger partial charge in [0, 0.05) is 24.2 Å². The fraction of sp³-hybridized carbons (Fsp3) is 0.231. The third-order valence-electron chi connectivity index (χ3n) is 6.50. The number of hydrogen-bond acceptors (Lipinski definition) is 4. The van der Waals surface area contributed by atoms with Gasteiger partial charge in [-0.3, -0.25) is 23.6 Å². The van der Waals surface area contributed by atoms with Gasteiger partial charge < -0.3 is 5.32 Å². The van der Waals surface area contributed by atoms with E-state index in [9.17, 15) is 22.8 Å². The molecule has 8 nitrogen and oxygen atoms in total. The van der Waals surface area contributed by atoms with Gasteiger partial charge in [-0.1, -0.05) is 23.7 Å². The molecule has 1 amide bonds. The second-order valence-corrected chi connectivity index (χ2v) is 9.44. The average molecular weight is 543 g/mol. The monoisotopic (exact) mass is 542 g/mol. The molecule has 0 saturated carbocycles. The van der Waals surface area contributed by atoms with E-state index < -0.39 is 30.4 Å². The molecule has 5 aromatic rings. The second kappa shape index (κ2) is 9.32. The molecule has 0 fully saturated rings. The van der Waals surface area contributed by atoms with Gasteiger partial charge in [0.1, 0.15) is 12.6 Å². The zero-order valence-electron chi connectivity index (χ0n) is 20.5. The molecule has 38 heavy (non-hydrogen) atoms. The molecule has 2 aromatic carbocycles. The van der Waals surface area contributed by atoms with Crippen molar-refractivity contribution in [1.82, 2.24) is 29.2 Å². The number of rotatable bonds is 5. The summed E-state index contributed by atoms with van der Waals surface area (Å²) < 4.78 is 43.0. The molecule has 3 aromatic heterocycles. The first-order valence-electron chi connectivity index (χ1n) is 11.6. The van der Waals surface area contributed by atoms with Gasteiger partial charge in [0.25, 0.3) is 0 Å². The van der Waals surface area contributed by atoms with Crippen molar-refractivity contribution >= 4 is 39.4 Å². The van der Waals surface area contributed by atoms with Crippen LogP contribution in [0.4, 0.5) is 13.2 Å². The fourth-order valence-electron chi connectivity index (χ4n) is 4.51. The second-order valence-electron chi connectivity index (χ2n) is 9.03. The highest BCUT2D eigenvalue weighted by Gasteiger charge is 2.37. The lowest BCUT2D eigenvalue weighted by Crippen LogP contribution is -2.45. The summed E-state index contributed by atoms with van der Waals surface area (Å²) in [4.78, 5) is 30.4. The van der Waals surface area contributed by atoms with E-state index in [2.05, 4.69) is 10.1 Å². The first kappa shape index (κ1) is 25.5. The Morgan fingerprint density at radius 1 is 1.13 bits per heavy atom. The van der Waals surface area contributed by atoms with Crippen LogP contribution in [-0.4, -0.2) is 42.0 Å². The van der Waals surface area contributed by atoms with E-state index in [0.29, 0.717) is 16.7 Å². The van der Waals surface area contributed by atoms with Gasteiger partial charge >= 0.3 is 11.9 Å². The quantitative estimate of drug-likeness (QED) is 0.347. The van der Waals surface area contributed by atoms with Crippen LogP contribution in [0.15, 0.2) is 59.8 Å². The van der Waals surface area contributed by atoms with Crippen LogP contribution in [0.5, 0.6) is 0 Å². The molecule has 0 aliphatic heterocycles. The number of fused-ring (bicyclic) bond motifs is 2. The van der Waals surface area contributed by atoms with Gasteiger partial charge in [0.2, 0.25) is 5.91 Å². The van der Waals surface area contributed by atoms with E-state index in [1.165, 1.54) is 4.57 Å². The van der Waals surface area contributed by atoms with E-state index in [4.69, 9.17) is 11.6 Å². The maximum atomic E-state index is 13.6. The average Bonchev–Trinajstić information content (AvgIpc) is 3.37. The number of carbonyl (C=O) groups is 1. The minimum Gasteiger partial charge on any atom is -0.343 e. The zero-order chi connectivity index (χ0) is 27.4. The number of alkyl halides is 3. The lowest BCUT2D eigenvalue weighted by atomic mass is 10.0. The van der Waals surface area contributed by atoms with Crippen LogP contribution in [0.2, 0.25) is 5.02 Å². The van der Waals surface area contributed by atoms with Crippen molar-refractivity contribution < 1.29 is 18.0 Å². The maximum Gasteiger partial charge on any atom is 0.408 e. The van der Waals surface area contributed by atoms with Crippen molar-refractivity contribution in [3.05, 3.63) is 76.1 Å². The molecule has 0 spiro atoms. The van der Waals surface area contributed by atoms with E-state index in [0.717, 1.165) is 39.1 Å². The standard InChI is InChI=1S/C26H22ClF3N6O2/c1-14-9-16(17-10-31-12-22-18(17)11-32-34(22)3)7-8-20(14)36-24-19(27)5-4-6-21(24)35(25(36)38)13-23(37)33-15(2)26(28,29)30/h4-12,15H,13H2,1-3H3,(H,33,37). The molecule has 0 aliphatic carbocycles. The van der Waals surface area contributed by atoms with E-state index in [1.54, 1.807) is 47.5 Å². The Labute approximate surface area is 219 Å². The number of pyridine rings is 1. The highest BCUT2D eigenvalue weighted by Crippen LogP contribution is 2.32. The molecular formula is C26H22ClF3N6O2. The molecule has 1 atom stereocenters. The van der Waals surface area contributed by atoms with Crippen LogP contribution < -0.4 is 11.0 Å². The number of para-hydroxylation sites is 1. The number of amides is 1. The van der Waals surface area contributed by atoms with Crippen molar-refractivity contribution in [2.24, 2.45) is 7.05 Å². The number of aromatic nitrogens is 5. The topological polar surface area (TPSA) is 86.7 Å². The van der Waals surface area contributed by atoms with Gasteiger partial charge in [-0.2, -0.15) is 18.3 Å². The minimum absolute atomic E-state index is 0.259. The van der Waals surface area contributed by atoms with Gasteiger partial charge in [0.15, 0.2) is 0 Å². The molecule has 0 radical (unpaired) electrons. The van der Waals surface area contributed by atoms with Gasteiger partial charge in [-0.15, -0.1) is 0 Å². The Kier molecular flexibility index (Phi) is 6.26. The van der Waals surface area contributed by atoms with Crippen LogP contribution in [0.25, 0.3) is 38.8 Å². The first-order chi connectivity index (χ1) is 18.0. The molecule has 196 valence electrons. The Bertz CT molecular complexity index is 1770. The summed E-state index contributed by atoms with van der Waals surface area (Å²) in [5, 5.41) is 7.38. The summed E-state index contributed by atoms with van der Waals surface area (Å²) in [7, 11) is 1.83. The van der Waals surface area contributed by atoms with Gasteiger partial charge in [-0.25, -0.2) is 4.79 Å². The molecular weight excluding hydrogens is 521 g/mol. The fourth-order valence-corrected chi connectivity index (χ4v) is 4.77. The first-order valence-corrected chi connectivity index (χ1v) is 12.0. The number of hydrogen-bond donors (Lipinski definition) is 1. The lowest BCUT2D eigenvalue weighted by molar-refractivity contribution is -0.158. The maximum absolute atomic E-state index is 13.6. The summed E-state index contributed by atoms with van der Waals surface area (Å²) in [6.07, 6.45) is 0.633. The van der Waals surface area contributed by atoms with Crippen molar-refractivity contribution in [2.45, 2.75) is 32.6 Å². The summed E-state index contributed by atoms with van der Waals surface area (Å²) >= 11 is 6.49. The van der Waals surface area contributed by atoms with Crippen molar-refractivity contribution in [1.29, 1.82) is 0 Å². The van der Waals surface area contributed by atoms with E-state index >= 15 is 0 Å². The summed E-state index contributed by atoms with van der Waals surface area (Å²) in [5.74, 6) is -0.944. The van der Waals surface area contributed by atoms with E-state index in [1.807, 2.05) is 31.4 Å². The van der Waals surface area contributed by atoms with E-state index in [-0.39, 0.29) is 5.02 Å². The largest absolute Gasteiger partial charge is 0.408 e. The van der Waals surface area contributed by atoms with Crippen LogP contribution in [0.3, 0.4) is 0 Å². The molecule has 3 heterocycles. The third kappa shape index (κ3) is 4.32. The lowest BCUT2D eigenvalue weighted by Gasteiger charge is -2.17. The van der Waals surface area contributed by atoms with Crippen molar-refractivity contribution in [3.63, 3.8) is 0 Å². The summed E-state index contributed by atoms with van der Waals surface area (Å²) in [5.41, 5.74) is 3.93. The number of benzene rings is 2. The number of carbonyl (C=O) groups excluding carboxylic acids is 1. The van der Waals surface area contributed by atoms with Crippen LogP contribution >= 0.6 is 11.6 Å². The summed E-state index contributed by atoms with van der Waals surface area (Å²) in [6, 6.07) is 8.26. The Hall–Kier alpha value is -4.12. The van der Waals surface area contributed by atoms with Gasteiger partial charge in [0.05, 0.1) is 39.7 Å². The van der Waals surface area contributed by atoms with Crippen LogP contribution in [0.1, 0.15) is 12.5 Å². The number of nitrogens with zero attached hydrogens (tertiary/aromatic N) is 5. The molecule has 12 heteroatoms. The zero-order valence-corrected chi connectivity index (χ0v) is 21.3. The smallest absolute Gasteiger partial charge is 0.343 e. The molecule has 0 aliphatic rings.